The summed E-state index contributed by atoms with van der Waals surface area (Å²) in [6.45, 7) is 6.53. The first-order valence-corrected chi connectivity index (χ1v) is 8.32. The fourth-order valence-corrected chi connectivity index (χ4v) is 2.50. The summed E-state index contributed by atoms with van der Waals surface area (Å²) in [5, 5.41) is 13.6. The molecule has 4 nitrogen and oxygen atoms in total. The highest BCUT2D eigenvalue weighted by Crippen LogP contribution is 2.31. The van der Waals surface area contributed by atoms with Crippen molar-refractivity contribution in [1.29, 1.82) is 0 Å². The fraction of sp³-hybridized carbons (Fsp3) is 0.400. The van der Waals surface area contributed by atoms with Gasteiger partial charge in [-0.3, -0.25) is 0 Å². The van der Waals surface area contributed by atoms with Gasteiger partial charge in [-0.15, -0.1) is 0 Å². The lowest BCUT2D eigenvalue weighted by atomic mass is 10.1. The van der Waals surface area contributed by atoms with Gasteiger partial charge in [0.15, 0.2) is 11.5 Å². The smallest absolute Gasteiger partial charge is 0.161 e. The minimum Gasteiger partial charge on any atom is -0.493 e. The Morgan fingerprint density at radius 3 is 2.29 bits per heavy atom. The molecule has 0 spiro atoms. The summed E-state index contributed by atoms with van der Waals surface area (Å²) in [6, 6.07) is 15.7. The van der Waals surface area contributed by atoms with Gasteiger partial charge in [0.1, 0.15) is 0 Å². The van der Waals surface area contributed by atoms with Gasteiger partial charge in [0.05, 0.1) is 19.3 Å². The molecule has 0 bridgehead atoms. The van der Waals surface area contributed by atoms with E-state index >= 15 is 0 Å². The van der Waals surface area contributed by atoms with Crippen LogP contribution >= 0.6 is 0 Å². The Morgan fingerprint density at radius 1 is 0.958 bits per heavy atom. The Labute approximate surface area is 144 Å². The van der Waals surface area contributed by atoms with Crippen molar-refractivity contribution in [1.82, 2.24) is 5.32 Å². The number of methoxy groups -OCH3 is 1. The molecule has 0 heterocycles. The summed E-state index contributed by atoms with van der Waals surface area (Å²) < 4.78 is 11.2. The zero-order valence-corrected chi connectivity index (χ0v) is 14.8. The second kappa shape index (κ2) is 8.71. The van der Waals surface area contributed by atoms with Crippen molar-refractivity contribution in [3.63, 3.8) is 0 Å². The van der Waals surface area contributed by atoms with E-state index in [2.05, 4.69) is 12.2 Å². The summed E-state index contributed by atoms with van der Waals surface area (Å²) >= 11 is 0. The van der Waals surface area contributed by atoms with Gasteiger partial charge < -0.3 is 19.9 Å². The van der Waals surface area contributed by atoms with E-state index in [0.29, 0.717) is 6.54 Å². The third-order valence-corrected chi connectivity index (χ3v) is 3.85. The number of ether oxygens (including phenoxy) is 2. The topological polar surface area (TPSA) is 50.7 Å². The van der Waals surface area contributed by atoms with E-state index in [1.807, 2.05) is 62.4 Å². The predicted octanol–water partition coefficient (Wildman–Crippen LogP) is 3.87. The quantitative estimate of drug-likeness (QED) is 0.772. The average molecular weight is 329 g/mol. The molecule has 0 aliphatic carbocycles. The highest BCUT2D eigenvalue weighted by Gasteiger charge is 2.13. The van der Waals surface area contributed by atoms with E-state index in [1.165, 1.54) is 0 Å². The van der Waals surface area contributed by atoms with Crippen molar-refractivity contribution >= 4 is 0 Å². The molecule has 0 radical (unpaired) electrons. The highest BCUT2D eigenvalue weighted by atomic mass is 16.5. The van der Waals surface area contributed by atoms with Crippen molar-refractivity contribution in [2.75, 3.05) is 13.7 Å². The molecule has 0 fully saturated rings. The minimum absolute atomic E-state index is 0.0883. The molecule has 0 amide bonds. The Hall–Kier alpha value is -2.04. The van der Waals surface area contributed by atoms with Crippen LogP contribution in [0, 0.1) is 0 Å². The summed E-state index contributed by atoms with van der Waals surface area (Å²) in [6.07, 6.45) is -0.430. The zero-order valence-electron chi connectivity index (χ0n) is 14.8. The van der Waals surface area contributed by atoms with Crippen LogP contribution in [-0.2, 0) is 0 Å². The van der Waals surface area contributed by atoms with Gasteiger partial charge >= 0.3 is 0 Å². The molecule has 130 valence electrons. The SMILES string of the molecule is COc1cc(C(C)NCC(O)c2ccccc2)ccc1OC(C)C. The van der Waals surface area contributed by atoms with E-state index in [4.69, 9.17) is 9.47 Å². The van der Waals surface area contributed by atoms with Crippen molar-refractivity contribution in [3.05, 3.63) is 59.7 Å². The average Bonchev–Trinajstić information content (AvgIpc) is 2.60. The third kappa shape index (κ3) is 4.98. The second-order valence-electron chi connectivity index (χ2n) is 6.13. The Kier molecular flexibility index (Phi) is 6.64. The number of hydrogen-bond acceptors (Lipinski definition) is 4. The van der Waals surface area contributed by atoms with Crippen molar-refractivity contribution in [3.8, 4) is 11.5 Å². The minimum atomic E-state index is -0.529. The van der Waals surface area contributed by atoms with Crippen molar-refractivity contribution in [2.45, 2.75) is 39.0 Å². The van der Waals surface area contributed by atoms with Gasteiger partial charge in [0, 0.05) is 12.6 Å². The molecule has 0 aromatic heterocycles. The van der Waals surface area contributed by atoms with Crippen LogP contribution in [0.15, 0.2) is 48.5 Å². The molecule has 0 saturated carbocycles. The molecule has 24 heavy (non-hydrogen) atoms. The Morgan fingerprint density at radius 2 is 1.67 bits per heavy atom. The van der Waals surface area contributed by atoms with Gasteiger partial charge in [0.25, 0.3) is 0 Å². The number of aliphatic hydroxyl groups excluding tert-OH is 1. The van der Waals surface area contributed by atoms with Crippen molar-refractivity contribution in [2.24, 2.45) is 0 Å². The van der Waals surface area contributed by atoms with Gasteiger partial charge in [-0.05, 0) is 44.0 Å². The number of benzene rings is 2. The summed E-state index contributed by atoms with van der Waals surface area (Å²) in [4.78, 5) is 0. The van der Waals surface area contributed by atoms with E-state index in [9.17, 15) is 5.11 Å². The fourth-order valence-electron chi connectivity index (χ4n) is 2.50. The predicted molar refractivity (Wildman–Crippen MR) is 96.6 cm³/mol. The molecule has 0 aliphatic heterocycles. The summed E-state index contributed by atoms with van der Waals surface area (Å²) in [5.74, 6) is 1.46. The van der Waals surface area contributed by atoms with E-state index in [0.717, 1.165) is 22.6 Å². The molecule has 2 rings (SSSR count). The lowest BCUT2D eigenvalue weighted by Crippen LogP contribution is -2.24. The first kappa shape index (κ1) is 18.3. The Balaban J connectivity index is 2.00. The Bertz CT molecular complexity index is 628. The number of nitrogens with one attached hydrogen (secondary N) is 1. The molecular weight excluding hydrogens is 302 g/mol. The van der Waals surface area contributed by atoms with E-state index in [-0.39, 0.29) is 12.1 Å². The number of aliphatic hydroxyl groups is 1. The first-order chi connectivity index (χ1) is 11.5. The van der Waals surface area contributed by atoms with Crippen LogP contribution in [0.2, 0.25) is 0 Å². The molecule has 0 saturated heterocycles. The van der Waals surface area contributed by atoms with Crippen LogP contribution in [0.25, 0.3) is 0 Å². The summed E-state index contributed by atoms with van der Waals surface area (Å²) in [5.41, 5.74) is 2.00. The van der Waals surface area contributed by atoms with Gasteiger partial charge in [-0.1, -0.05) is 36.4 Å². The molecule has 2 aromatic rings. The maximum Gasteiger partial charge on any atom is 0.161 e. The normalized spacial score (nSPS) is 13.6. The standard InChI is InChI=1S/C20H27NO3/c1-14(2)24-19-11-10-17(12-20(19)23-4)15(3)21-13-18(22)16-8-6-5-7-9-16/h5-12,14-15,18,21-22H,13H2,1-4H3. The van der Waals surface area contributed by atoms with Crippen LogP contribution in [0.4, 0.5) is 0 Å². The lowest BCUT2D eigenvalue weighted by molar-refractivity contribution is 0.170. The molecule has 2 N–H and O–H groups in total. The van der Waals surface area contributed by atoms with Gasteiger partial charge in [0.2, 0.25) is 0 Å². The highest BCUT2D eigenvalue weighted by molar-refractivity contribution is 5.43. The third-order valence-electron chi connectivity index (χ3n) is 3.85. The van der Waals surface area contributed by atoms with Crippen LogP contribution in [0.3, 0.4) is 0 Å². The van der Waals surface area contributed by atoms with E-state index in [1.54, 1.807) is 7.11 Å². The molecular formula is C20H27NO3. The zero-order chi connectivity index (χ0) is 17.5. The van der Waals surface area contributed by atoms with Crippen molar-refractivity contribution < 1.29 is 14.6 Å². The number of hydrogen-bond donors (Lipinski definition) is 2. The number of rotatable bonds is 8. The van der Waals surface area contributed by atoms with Crippen LogP contribution in [-0.4, -0.2) is 24.9 Å². The van der Waals surface area contributed by atoms with Crippen LogP contribution in [0.5, 0.6) is 11.5 Å². The second-order valence-corrected chi connectivity index (χ2v) is 6.13. The molecule has 4 heteroatoms. The maximum atomic E-state index is 10.3. The molecule has 2 atom stereocenters. The molecule has 2 aromatic carbocycles. The van der Waals surface area contributed by atoms with Crippen LogP contribution in [0.1, 0.15) is 44.0 Å². The molecule has 2 unspecified atom stereocenters. The van der Waals surface area contributed by atoms with Gasteiger partial charge in [-0.25, -0.2) is 0 Å². The van der Waals surface area contributed by atoms with Crippen LogP contribution < -0.4 is 14.8 Å². The lowest BCUT2D eigenvalue weighted by Gasteiger charge is -2.20. The van der Waals surface area contributed by atoms with E-state index < -0.39 is 6.10 Å². The molecule has 0 aliphatic rings. The summed E-state index contributed by atoms with van der Waals surface area (Å²) in [7, 11) is 1.64. The largest absolute Gasteiger partial charge is 0.493 e. The monoisotopic (exact) mass is 329 g/mol. The maximum absolute atomic E-state index is 10.3. The van der Waals surface area contributed by atoms with Gasteiger partial charge in [-0.2, -0.15) is 0 Å². The first-order valence-electron chi connectivity index (χ1n) is 8.32.